The van der Waals surface area contributed by atoms with Crippen LogP contribution in [-0.2, 0) is 33.1 Å². The Morgan fingerprint density at radius 1 is 1.28 bits per heavy atom. The minimum absolute atomic E-state index is 0.0706. The van der Waals surface area contributed by atoms with E-state index >= 15 is 0 Å². The van der Waals surface area contributed by atoms with Crippen LogP contribution in [0, 0.1) is 0 Å². The van der Waals surface area contributed by atoms with Gasteiger partial charge < -0.3 is 14.7 Å². The third kappa shape index (κ3) is 7.42. The van der Waals surface area contributed by atoms with Crippen molar-refractivity contribution in [1.82, 2.24) is 20.3 Å². The summed E-state index contributed by atoms with van der Waals surface area (Å²) in [7, 11) is 0. The molecule has 29 heavy (non-hydrogen) atoms. The summed E-state index contributed by atoms with van der Waals surface area (Å²) < 4.78 is 7.63. The molecule has 1 saturated carbocycles. The zero-order chi connectivity index (χ0) is 21.9. The van der Waals surface area contributed by atoms with Gasteiger partial charge in [0.25, 0.3) is 0 Å². The minimum Gasteiger partial charge on any atom is -0.800 e. The second-order valence-electron chi connectivity index (χ2n) is 9.99. The maximum absolute atomic E-state index is 12.6. The molecule has 0 spiro atoms. The van der Waals surface area contributed by atoms with E-state index in [4.69, 9.17) is 16.3 Å². The van der Waals surface area contributed by atoms with E-state index in [0.717, 1.165) is 44.2 Å². The van der Waals surface area contributed by atoms with Gasteiger partial charge in [0, 0.05) is 23.8 Å². The van der Waals surface area contributed by atoms with E-state index in [1.807, 2.05) is 31.6 Å². The van der Waals surface area contributed by atoms with Gasteiger partial charge in [-0.1, -0.05) is 37.8 Å². The van der Waals surface area contributed by atoms with Gasteiger partial charge in [0.05, 0.1) is 17.3 Å². The summed E-state index contributed by atoms with van der Waals surface area (Å²) in [5, 5.41) is 10.9. The van der Waals surface area contributed by atoms with Gasteiger partial charge in [-0.25, -0.2) is 4.68 Å². The lowest BCUT2D eigenvalue weighted by Gasteiger charge is -2.44. The quantitative estimate of drug-likeness (QED) is 0.651. The minimum atomic E-state index is -3.06. The Morgan fingerprint density at radius 2 is 1.90 bits per heavy atom. The first-order valence-corrected chi connectivity index (χ1v) is 13.1. The van der Waals surface area contributed by atoms with Gasteiger partial charge in [0.1, 0.15) is 0 Å². The number of amides is 1. The number of hydrogen-bond donors (Lipinski definition) is 1. The molecule has 0 aliphatic heterocycles. The monoisotopic (exact) mass is 443 g/mol. The zero-order valence-corrected chi connectivity index (χ0v) is 20.3. The molecule has 0 bridgehead atoms. The number of rotatable bonds is 7. The van der Waals surface area contributed by atoms with Crippen LogP contribution >= 0.6 is 6.49 Å². The first-order valence-electron chi connectivity index (χ1n) is 10.5. The van der Waals surface area contributed by atoms with Crippen LogP contribution in [0.5, 0.6) is 0 Å². The van der Waals surface area contributed by atoms with E-state index in [1.54, 1.807) is 0 Å². The van der Waals surface area contributed by atoms with E-state index in [0.29, 0.717) is 6.42 Å². The molecule has 9 heteroatoms. The third-order valence-corrected chi connectivity index (χ3v) is 9.33. The molecule has 0 radical (unpaired) electrons. The summed E-state index contributed by atoms with van der Waals surface area (Å²) in [6.07, 6.45) is 7.05. The van der Waals surface area contributed by atoms with Crippen molar-refractivity contribution in [3.05, 3.63) is 11.9 Å². The second-order valence-corrected chi connectivity index (χ2v) is 14.0. The van der Waals surface area contributed by atoms with Gasteiger partial charge in [-0.2, -0.15) is 0 Å². The Hall–Kier alpha value is -0.820. The van der Waals surface area contributed by atoms with E-state index in [2.05, 4.69) is 36.4 Å². The van der Waals surface area contributed by atoms with Gasteiger partial charge in [-0.3, -0.25) is 4.79 Å². The van der Waals surface area contributed by atoms with Gasteiger partial charge in [0.2, 0.25) is 5.91 Å². The molecule has 1 amide bonds. The highest BCUT2D eigenvalue weighted by Crippen LogP contribution is 2.53. The molecule has 1 unspecified atom stereocenters. The van der Waals surface area contributed by atoms with Crippen LogP contribution in [0.25, 0.3) is 0 Å². The average molecular weight is 444 g/mol. The van der Waals surface area contributed by atoms with Crippen LogP contribution in [0.4, 0.5) is 0 Å². The van der Waals surface area contributed by atoms with Crippen LogP contribution in [0.1, 0.15) is 85.8 Å². The number of nitrogens with zero attached hydrogens (tertiary/aromatic N) is 3. The fourth-order valence-corrected chi connectivity index (χ4v) is 4.42. The maximum Gasteiger partial charge on any atom is 0.220 e. The second kappa shape index (κ2) is 9.54. The Bertz CT molecular complexity index is 731. The molecule has 1 aliphatic carbocycles. The summed E-state index contributed by atoms with van der Waals surface area (Å²) in [4.78, 5) is 24.8. The van der Waals surface area contributed by atoms with Crippen molar-refractivity contribution in [2.75, 3.05) is 0 Å². The molecule has 1 atom stereocenters. The summed E-state index contributed by atoms with van der Waals surface area (Å²) in [5.41, 5.74) is 0.828. The fourth-order valence-electron chi connectivity index (χ4n) is 3.14. The highest BCUT2D eigenvalue weighted by Gasteiger charge is 2.29. The van der Waals surface area contributed by atoms with E-state index in [1.165, 1.54) is 0 Å². The Morgan fingerprint density at radius 3 is 2.41 bits per heavy atom. The molecule has 0 aromatic carbocycles. The van der Waals surface area contributed by atoms with Crippen molar-refractivity contribution in [3.8, 4) is 0 Å². The molecule has 1 aromatic rings. The van der Waals surface area contributed by atoms with Crippen molar-refractivity contribution in [3.63, 3.8) is 0 Å². The predicted octanol–water partition coefficient (Wildman–Crippen LogP) is 3.27. The molecule has 1 N–H and O–H groups in total. The Kier molecular flexibility index (Phi) is 8.05. The largest absolute Gasteiger partial charge is 0.800 e. The lowest BCUT2D eigenvalue weighted by Crippen LogP contribution is -2.39. The number of nitrogens with one attached hydrogen (secondary N) is 1. The third-order valence-electron chi connectivity index (χ3n) is 5.21. The SMILES string of the molecule is CC(C)(C)n1cc(CCCC(=O)NC2CCC(OP([O-])(=S)C(C)(C)C)CC2)nn1. The summed E-state index contributed by atoms with van der Waals surface area (Å²) in [6, 6.07) is 0.156. The van der Waals surface area contributed by atoms with Crippen LogP contribution in [-0.4, -0.2) is 38.2 Å². The molecular weight excluding hydrogens is 407 g/mol. The first kappa shape index (κ1) is 24.4. The molecule has 1 fully saturated rings. The smallest absolute Gasteiger partial charge is 0.220 e. The van der Waals surface area contributed by atoms with Crippen LogP contribution in [0.2, 0.25) is 0 Å². The van der Waals surface area contributed by atoms with E-state index in [-0.39, 0.29) is 23.6 Å². The van der Waals surface area contributed by atoms with Gasteiger partial charge in [0.15, 0.2) is 0 Å². The van der Waals surface area contributed by atoms with Gasteiger partial charge in [-0.15, -0.1) is 5.10 Å². The van der Waals surface area contributed by atoms with Crippen LogP contribution in [0.3, 0.4) is 0 Å². The summed E-state index contributed by atoms with van der Waals surface area (Å²) in [5.74, 6) is 0.0706. The number of aryl methyl sites for hydroxylation is 1. The summed E-state index contributed by atoms with van der Waals surface area (Å²) >= 11 is 5.22. The average Bonchev–Trinajstić information content (AvgIpc) is 3.04. The van der Waals surface area contributed by atoms with Crippen molar-refractivity contribution in [1.29, 1.82) is 0 Å². The highest BCUT2D eigenvalue weighted by atomic mass is 32.5. The van der Waals surface area contributed by atoms with Crippen molar-refractivity contribution < 1.29 is 14.2 Å². The normalized spacial score (nSPS) is 22.9. The number of aromatic nitrogens is 3. The molecular formula is C20H36N4O3PS-. The highest BCUT2D eigenvalue weighted by molar-refractivity contribution is 8.09. The molecule has 1 heterocycles. The molecule has 1 aromatic heterocycles. The standard InChI is InChI=1S/C20H37N4O3PS/c1-19(2,3)24-14-16(22-23-24)8-7-9-18(25)21-15-10-12-17(13-11-15)27-28(26,29)20(4,5)6/h14-15,17H,7-13H2,1-6H3,(H,21,25)(H,26,29)/p-1. The topological polar surface area (TPSA) is 92.1 Å². The Balaban J connectivity index is 1.68. The molecule has 1 aliphatic rings. The molecule has 2 rings (SSSR count). The molecule has 0 saturated heterocycles. The number of hydrogen-bond acceptors (Lipinski definition) is 6. The van der Waals surface area contributed by atoms with Crippen LogP contribution in [0.15, 0.2) is 6.20 Å². The van der Waals surface area contributed by atoms with Gasteiger partial charge in [-0.05, 0) is 65.8 Å². The lowest BCUT2D eigenvalue weighted by atomic mass is 9.93. The fraction of sp³-hybridized carbons (Fsp3) is 0.850. The summed E-state index contributed by atoms with van der Waals surface area (Å²) in [6.45, 7) is 8.75. The Labute approximate surface area is 180 Å². The van der Waals surface area contributed by atoms with Crippen molar-refractivity contribution in [2.24, 2.45) is 0 Å². The van der Waals surface area contributed by atoms with E-state index in [9.17, 15) is 9.69 Å². The van der Waals surface area contributed by atoms with Crippen molar-refractivity contribution in [2.45, 2.75) is 109 Å². The predicted molar refractivity (Wildman–Crippen MR) is 117 cm³/mol. The first-order chi connectivity index (χ1) is 13.3. The van der Waals surface area contributed by atoms with Gasteiger partial charge >= 0.3 is 0 Å². The lowest BCUT2D eigenvalue weighted by molar-refractivity contribution is -0.192. The molecule has 7 nitrogen and oxygen atoms in total. The van der Waals surface area contributed by atoms with E-state index < -0.39 is 11.6 Å². The molecule has 166 valence electrons. The zero-order valence-electron chi connectivity index (χ0n) is 18.6. The number of carbonyl (C=O) groups is 1. The van der Waals surface area contributed by atoms with Crippen molar-refractivity contribution >= 4 is 24.2 Å². The maximum atomic E-state index is 12.6. The van der Waals surface area contributed by atoms with Crippen LogP contribution < -0.4 is 10.2 Å². The number of carbonyl (C=O) groups excluding carboxylic acids is 1.